The van der Waals surface area contributed by atoms with Gasteiger partial charge in [-0.25, -0.2) is 0 Å². The molecule has 0 radical (unpaired) electrons. The fourth-order valence-corrected chi connectivity index (χ4v) is 3.10. The molecule has 2 rings (SSSR count). The molecule has 3 atom stereocenters. The third-order valence-corrected chi connectivity index (χ3v) is 3.98. The van der Waals surface area contributed by atoms with Crippen molar-refractivity contribution >= 4 is 0 Å². The second-order valence-electron chi connectivity index (χ2n) is 5.19. The molecule has 1 fully saturated rings. The van der Waals surface area contributed by atoms with Gasteiger partial charge in [-0.15, -0.1) is 0 Å². The van der Waals surface area contributed by atoms with E-state index in [9.17, 15) is 5.11 Å². The van der Waals surface area contributed by atoms with E-state index in [4.69, 9.17) is 0 Å². The maximum atomic E-state index is 9.73. The smallest absolute Gasteiger partial charge is 0.0628 e. The highest BCUT2D eigenvalue weighted by molar-refractivity contribution is 5.19. The van der Waals surface area contributed by atoms with Crippen LogP contribution >= 0.6 is 0 Å². The summed E-state index contributed by atoms with van der Waals surface area (Å²) in [7, 11) is 0. The van der Waals surface area contributed by atoms with Gasteiger partial charge in [0, 0.05) is 12.1 Å². The number of aliphatic hydroxyl groups is 1. The summed E-state index contributed by atoms with van der Waals surface area (Å²) in [6, 6.07) is 11.7. The molecule has 0 amide bonds. The number of hydrogen-bond donors (Lipinski definition) is 1. The van der Waals surface area contributed by atoms with E-state index >= 15 is 0 Å². The van der Waals surface area contributed by atoms with E-state index in [1.165, 1.54) is 24.8 Å². The first-order chi connectivity index (χ1) is 8.24. The lowest BCUT2D eigenvalue weighted by Gasteiger charge is -2.43. The van der Waals surface area contributed by atoms with Crippen molar-refractivity contribution in [3.05, 3.63) is 35.9 Å². The molecule has 0 saturated carbocycles. The van der Waals surface area contributed by atoms with E-state index in [1.54, 1.807) is 0 Å². The second-order valence-corrected chi connectivity index (χ2v) is 5.19. The van der Waals surface area contributed by atoms with Crippen LogP contribution in [0.25, 0.3) is 0 Å². The Bertz CT molecular complexity index is 328. The molecule has 0 bridgehead atoms. The Kier molecular flexibility index (Phi) is 4.19. The zero-order valence-corrected chi connectivity index (χ0v) is 10.8. The molecule has 1 saturated heterocycles. The van der Waals surface area contributed by atoms with Gasteiger partial charge in [0.1, 0.15) is 0 Å². The summed E-state index contributed by atoms with van der Waals surface area (Å²) in [6.07, 6.45) is 3.80. The zero-order valence-electron chi connectivity index (χ0n) is 10.8. The fraction of sp³-hybridized carbons (Fsp3) is 0.600. The van der Waals surface area contributed by atoms with Crippen molar-refractivity contribution < 1.29 is 5.11 Å². The van der Waals surface area contributed by atoms with Gasteiger partial charge in [0.2, 0.25) is 0 Å². The first kappa shape index (κ1) is 12.6. The summed E-state index contributed by atoms with van der Waals surface area (Å²) < 4.78 is 0. The monoisotopic (exact) mass is 233 g/mol. The van der Waals surface area contributed by atoms with Crippen molar-refractivity contribution in [1.82, 2.24) is 4.90 Å². The second kappa shape index (κ2) is 5.65. The summed E-state index contributed by atoms with van der Waals surface area (Å²) >= 11 is 0. The molecule has 1 aromatic carbocycles. The normalized spacial score (nSPS) is 27.9. The molecule has 17 heavy (non-hydrogen) atoms. The van der Waals surface area contributed by atoms with E-state index in [0.29, 0.717) is 12.1 Å². The van der Waals surface area contributed by atoms with Crippen LogP contribution in [0.1, 0.15) is 44.7 Å². The van der Waals surface area contributed by atoms with Crippen molar-refractivity contribution in [2.45, 2.75) is 51.2 Å². The number of aliphatic hydroxyl groups excluding tert-OH is 1. The molecule has 1 aliphatic rings. The fourth-order valence-electron chi connectivity index (χ4n) is 3.10. The van der Waals surface area contributed by atoms with E-state index in [0.717, 1.165) is 0 Å². The lowest BCUT2D eigenvalue weighted by molar-refractivity contribution is 0.0249. The molecule has 2 nitrogen and oxygen atoms in total. The lowest BCUT2D eigenvalue weighted by atomic mass is 9.93. The molecular formula is C15H23NO. The van der Waals surface area contributed by atoms with Crippen LogP contribution in [-0.2, 0) is 0 Å². The summed E-state index contributed by atoms with van der Waals surface area (Å²) in [5, 5.41) is 9.73. The van der Waals surface area contributed by atoms with Crippen LogP contribution in [0.3, 0.4) is 0 Å². The van der Waals surface area contributed by atoms with Crippen LogP contribution in [0.4, 0.5) is 0 Å². The van der Waals surface area contributed by atoms with Gasteiger partial charge in [-0.3, -0.25) is 4.90 Å². The topological polar surface area (TPSA) is 23.5 Å². The predicted octanol–water partition coefficient (Wildman–Crippen LogP) is 2.98. The number of rotatable bonds is 3. The Hall–Kier alpha value is -0.860. The summed E-state index contributed by atoms with van der Waals surface area (Å²) in [6.45, 7) is 4.77. The SMILES string of the molecule is C[C@H]1CCC[C@H](C)N1[C@@H](CO)c1ccccc1. The Morgan fingerprint density at radius 2 is 1.76 bits per heavy atom. The summed E-state index contributed by atoms with van der Waals surface area (Å²) in [5.74, 6) is 0. The molecule has 0 unspecified atom stereocenters. The first-order valence-electron chi connectivity index (χ1n) is 6.67. The standard InChI is InChI=1S/C15H23NO/c1-12-7-6-8-13(2)16(12)15(11-17)14-9-4-3-5-10-14/h3-5,9-10,12-13,15,17H,6-8,11H2,1-2H3/t12-,13-,15-/m0/s1. The van der Waals surface area contributed by atoms with Gasteiger partial charge in [-0.2, -0.15) is 0 Å². The molecule has 1 aliphatic heterocycles. The van der Waals surface area contributed by atoms with Crippen LogP contribution in [0.2, 0.25) is 0 Å². The predicted molar refractivity (Wildman–Crippen MR) is 70.9 cm³/mol. The number of piperidine rings is 1. The number of hydrogen-bond acceptors (Lipinski definition) is 2. The summed E-state index contributed by atoms with van der Waals surface area (Å²) in [5.41, 5.74) is 1.23. The zero-order chi connectivity index (χ0) is 12.3. The first-order valence-corrected chi connectivity index (χ1v) is 6.67. The number of nitrogens with zero attached hydrogens (tertiary/aromatic N) is 1. The molecule has 94 valence electrons. The largest absolute Gasteiger partial charge is 0.394 e. The van der Waals surface area contributed by atoms with Gasteiger partial charge >= 0.3 is 0 Å². The van der Waals surface area contributed by atoms with Gasteiger partial charge in [-0.1, -0.05) is 36.8 Å². The molecule has 0 aromatic heterocycles. The van der Waals surface area contributed by atoms with Gasteiger partial charge in [0.05, 0.1) is 12.6 Å². The highest BCUT2D eigenvalue weighted by Gasteiger charge is 2.31. The molecule has 1 heterocycles. The van der Waals surface area contributed by atoms with Crippen molar-refractivity contribution in [3.63, 3.8) is 0 Å². The molecular weight excluding hydrogens is 210 g/mol. The number of likely N-dealkylation sites (tertiary alicyclic amines) is 1. The summed E-state index contributed by atoms with van der Waals surface area (Å²) in [4.78, 5) is 2.48. The number of benzene rings is 1. The van der Waals surface area contributed by atoms with Gasteiger partial charge in [0.25, 0.3) is 0 Å². The van der Waals surface area contributed by atoms with Gasteiger partial charge in [0.15, 0.2) is 0 Å². The Balaban J connectivity index is 2.22. The van der Waals surface area contributed by atoms with Gasteiger partial charge in [-0.05, 0) is 32.3 Å². The maximum absolute atomic E-state index is 9.73. The van der Waals surface area contributed by atoms with E-state index < -0.39 is 0 Å². The van der Waals surface area contributed by atoms with E-state index in [2.05, 4.69) is 43.0 Å². The average molecular weight is 233 g/mol. The lowest BCUT2D eigenvalue weighted by Crippen LogP contribution is -2.46. The molecule has 2 heteroatoms. The molecule has 1 N–H and O–H groups in total. The van der Waals surface area contributed by atoms with Crippen molar-refractivity contribution in [1.29, 1.82) is 0 Å². The third kappa shape index (κ3) is 2.70. The molecule has 1 aromatic rings. The quantitative estimate of drug-likeness (QED) is 0.867. The van der Waals surface area contributed by atoms with Crippen molar-refractivity contribution in [3.8, 4) is 0 Å². The van der Waals surface area contributed by atoms with Crippen LogP contribution in [0.15, 0.2) is 30.3 Å². The minimum atomic E-state index is 0.154. The average Bonchev–Trinajstić information content (AvgIpc) is 2.35. The minimum absolute atomic E-state index is 0.154. The van der Waals surface area contributed by atoms with Crippen LogP contribution in [-0.4, -0.2) is 28.7 Å². The highest BCUT2D eigenvalue weighted by atomic mass is 16.3. The Morgan fingerprint density at radius 1 is 1.18 bits per heavy atom. The van der Waals surface area contributed by atoms with E-state index in [1.807, 2.05) is 6.07 Å². The van der Waals surface area contributed by atoms with Crippen LogP contribution < -0.4 is 0 Å². The van der Waals surface area contributed by atoms with Crippen LogP contribution in [0, 0.1) is 0 Å². The Morgan fingerprint density at radius 3 is 2.29 bits per heavy atom. The minimum Gasteiger partial charge on any atom is -0.394 e. The van der Waals surface area contributed by atoms with Crippen molar-refractivity contribution in [2.24, 2.45) is 0 Å². The Labute approximate surface area is 104 Å². The molecule has 0 spiro atoms. The third-order valence-electron chi connectivity index (χ3n) is 3.98. The van der Waals surface area contributed by atoms with Gasteiger partial charge < -0.3 is 5.11 Å². The highest BCUT2D eigenvalue weighted by Crippen LogP contribution is 2.31. The van der Waals surface area contributed by atoms with Crippen molar-refractivity contribution in [2.75, 3.05) is 6.61 Å². The van der Waals surface area contributed by atoms with Crippen LogP contribution in [0.5, 0.6) is 0 Å². The maximum Gasteiger partial charge on any atom is 0.0628 e. The molecule has 0 aliphatic carbocycles. The van der Waals surface area contributed by atoms with E-state index in [-0.39, 0.29) is 12.6 Å².